The molecule has 1 aromatic rings. The van der Waals surface area contributed by atoms with E-state index in [1.54, 1.807) is 0 Å². The van der Waals surface area contributed by atoms with Gasteiger partial charge in [-0.3, -0.25) is 0 Å². The van der Waals surface area contributed by atoms with Crippen molar-refractivity contribution >= 4 is 8.32 Å². The van der Waals surface area contributed by atoms with Crippen molar-refractivity contribution < 1.29 is 14.3 Å². The lowest BCUT2D eigenvalue weighted by molar-refractivity contribution is -0.0333. The van der Waals surface area contributed by atoms with Crippen LogP contribution < -0.4 is 0 Å². The zero-order valence-corrected chi connectivity index (χ0v) is 19.4. The van der Waals surface area contributed by atoms with E-state index in [2.05, 4.69) is 52.9 Å². The van der Waals surface area contributed by atoms with Crippen molar-refractivity contribution in [2.24, 2.45) is 0 Å². The quantitative estimate of drug-likeness (QED) is 0.366. The highest BCUT2D eigenvalue weighted by molar-refractivity contribution is 6.74. The number of aliphatic hydroxyl groups is 1. The Morgan fingerprint density at radius 2 is 1.70 bits per heavy atom. The zero-order chi connectivity index (χ0) is 20.5. The van der Waals surface area contributed by atoms with Crippen molar-refractivity contribution in [1.29, 1.82) is 0 Å². The highest BCUT2D eigenvalue weighted by Crippen LogP contribution is 2.37. The van der Waals surface area contributed by atoms with Gasteiger partial charge in [0.1, 0.15) is 0 Å². The first kappa shape index (κ1) is 24.1. The summed E-state index contributed by atoms with van der Waals surface area (Å²) in [6.07, 6.45) is 6.43. The van der Waals surface area contributed by atoms with Crippen molar-refractivity contribution in [3.8, 4) is 0 Å². The van der Waals surface area contributed by atoms with Crippen LogP contribution in [-0.2, 0) is 15.8 Å². The summed E-state index contributed by atoms with van der Waals surface area (Å²) in [6.45, 7) is 16.0. The summed E-state index contributed by atoms with van der Waals surface area (Å²) < 4.78 is 12.2. The smallest absolute Gasteiger partial charge is 0.192 e. The Balaban J connectivity index is 2.25. The molecule has 3 nitrogen and oxygen atoms in total. The second-order valence-corrected chi connectivity index (χ2v) is 13.8. The van der Waals surface area contributed by atoms with Crippen molar-refractivity contribution in [2.45, 2.75) is 96.9 Å². The Labute approximate surface area is 167 Å². The average molecular weight is 393 g/mol. The third kappa shape index (κ3) is 9.20. The van der Waals surface area contributed by atoms with Crippen LogP contribution in [0.2, 0.25) is 18.1 Å². The van der Waals surface area contributed by atoms with E-state index in [0.717, 1.165) is 18.4 Å². The van der Waals surface area contributed by atoms with Crippen LogP contribution in [0, 0.1) is 0 Å². The summed E-state index contributed by atoms with van der Waals surface area (Å²) in [4.78, 5) is 0. The molecule has 0 aliphatic heterocycles. The van der Waals surface area contributed by atoms with Crippen LogP contribution in [-0.4, -0.2) is 31.7 Å². The minimum Gasteiger partial charge on any atom is -0.414 e. The van der Waals surface area contributed by atoms with Gasteiger partial charge < -0.3 is 14.3 Å². The summed E-state index contributed by atoms with van der Waals surface area (Å²) in [5.41, 5.74) is 1.13. The van der Waals surface area contributed by atoms with E-state index >= 15 is 0 Å². The summed E-state index contributed by atoms with van der Waals surface area (Å²) in [7, 11) is -1.69. The Hall–Kier alpha value is -0.943. The number of aliphatic hydroxyl groups excluding tert-OH is 1. The minimum atomic E-state index is -1.69. The average Bonchev–Trinajstić information content (AvgIpc) is 2.58. The molecule has 0 amide bonds. The molecule has 0 radical (unpaired) electrons. The zero-order valence-electron chi connectivity index (χ0n) is 18.4. The Morgan fingerprint density at radius 1 is 1.07 bits per heavy atom. The maximum absolute atomic E-state index is 10.3. The molecular formula is C23H40O3Si. The molecule has 4 heteroatoms. The summed E-state index contributed by atoms with van der Waals surface area (Å²) in [6, 6.07) is 10.1. The Bertz CT molecular complexity index is 548. The van der Waals surface area contributed by atoms with Crippen LogP contribution in [0.5, 0.6) is 0 Å². The molecule has 0 spiro atoms. The number of allylic oxidation sites excluding steroid dienone is 1. The fourth-order valence-electron chi connectivity index (χ4n) is 2.53. The fourth-order valence-corrected chi connectivity index (χ4v) is 4.01. The van der Waals surface area contributed by atoms with Gasteiger partial charge in [0.2, 0.25) is 0 Å². The van der Waals surface area contributed by atoms with E-state index in [-0.39, 0.29) is 17.2 Å². The van der Waals surface area contributed by atoms with E-state index in [1.807, 2.05) is 37.3 Å². The van der Waals surface area contributed by atoms with Crippen LogP contribution in [0.1, 0.15) is 59.4 Å². The number of ether oxygens (including phenoxy) is 1. The molecule has 0 aliphatic carbocycles. The van der Waals surface area contributed by atoms with Gasteiger partial charge in [-0.05, 0) is 56.8 Å². The van der Waals surface area contributed by atoms with Crippen molar-refractivity contribution in [3.05, 3.63) is 48.0 Å². The maximum atomic E-state index is 10.3. The molecule has 0 saturated heterocycles. The van der Waals surface area contributed by atoms with E-state index in [1.165, 1.54) is 0 Å². The monoisotopic (exact) mass is 392 g/mol. The van der Waals surface area contributed by atoms with E-state index < -0.39 is 14.4 Å². The van der Waals surface area contributed by atoms with Gasteiger partial charge in [0.05, 0.1) is 18.8 Å². The van der Waals surface area contributed by atoms with Gasteiger partial charge in [-0.15, -0.1) is 0 Å². The summed E-state index contributed by atoms with van der Waals surface area (Å²) >= 11 is 0. The minimum absolute atomic E-state index is 0.185. The molecule has 0 aromatic heterocycles. The van der Waals surface area contributed by atoms with Crippen molar-refractivity contribution in [3.63, 3.8) is 0 Å². The van der Waals surface area contributed by atoms with E-state index in [9.17, 15) is 5.11 Å². The largest absolute Gasteiger partial charge is 0.414 e. The van der Waals surface area contributed by atoms with Gasteiger partial charge >= 0.3 is 0 Å². The lowest BCUT2D eigenvalue weighted by Gasteiger charge is -2.38. The molecule has 1 N–H and O–H groups in total. The fraction of sp³-hybridized carbons (Fsp3) is 0.652. The van der Waals surface area contributed by atoms with Crippen LogP contribution in [0.15, 0.2) is 42.5 Å². The molecule has 0 fully saturated rings. The molecule has 0 unspecified atom stereocenters. The molecule has 0 aliphatic rings. The first-order valence-electron chi connectivity index (χ1n) is 10.2. The molecule has 0 bridgehead atoms. The standard InChI is InChI=1S/C23H40O3Si/c1-19(26-27(6,7)23(3,4)5)14-10-8-13-17-22(24)20(2)25-18-21-15-11-9-12-16-21/h8-9,11-13,15-16,19-20,22,24H,10,14,17-18H2,1-7H3/b13-8-/t19-,20-,22-/m1/s1. The third-order valence-electron chi connectivity index (χ3n) is 5.48. The van der Waals surface area contributed by atoms with Gasteiger partial charge in [-0.25, -0.2) is 0 Å². The van der Waals surface area contributed by atoms with E-state index in [0.29, 0.717) is 13.0 Å². The molecule has 3 atom stereocenters. The topological polar surface area (TPSA) is 38.7 Å². The SMILES string of the molecule is C[C@H](CC/C=C\C[C@@H](O)[C@@H](C)OCc1ccccc1)O[Si](C)(C)C(C)(C)C. The van der Waals surface area contributed by atoms with Gasteiger partial charge in [-0.1, -0.05) is 63.3 Å². The molecule has 1 aromatic carbocycles. The first-order chi connectivity index (χ1) is 12.5. The predicted octanol–water partition coefficient (Wildman–Crippen LogP) is 6.09. The van der Waals surface area contributed by atoms with Crippen LogP contribution in [0.4, 0.5) is 0 Å². The lowest BCUT2D eigenvalue weighted by atomic mass is 10.1. The van der Waals surface area contributed by atoms with E-state index in [4.69, 9.17) is 9.16 Å². The maximum Gasteiger partial charge on any atom is 0.192 e. The lowest BCUT2D eigenvalue weighted by Crippen LogP contribution is -2.43. The second kappa shape index (κ2) is 11.2. The van der Waals surface area contributed by atoms with Crippen molar-refractivity contribution in [2.75, 3.05) is 0 Å². The molecule has 154 valence electrons. The van der Waals surface area contributed by atoms with Crippen molar-refractivity contribution in [1.82, 2.24) is 0 Å². The summed E-state index contributed by atoms with van der Waals surface area (Å²) in [5, 5.41) is 10.5. The molecule has 1 rings (SSSR count). The molecule has 0 saturated carbocycles. The van der Waals surface area contributed by atoms with Crippen LogP contribution in [0.3, 0.4) is 0 Å². The van der Waals surface area contributed by atoms with Gasteiger partial charge in [0.25, 0.3) is 0 Å². The third-order valence-corrected chi connectivity index (χ3v) is 10.1. The number of benzene rings is 1. The number of hydrogen-bond donors (Lipinski definition) is 1. The second-order valence-electron chi connectivity index (χ2n) is 9.04. The van der Waals surface area contributed by atoms with Gasteiger partial charge in [-0.2, -0.15) is 0 Å². The Morgan fingerprint density at radius 3 is 2.30 bits per heavy atom. The molecule has 27 heavy (non-hydrogen) atoms. The first-order valence-corrected chi connectivity index (χ1v) is 13.1. The van der Waals surface area contributed by atoms with Gasteiger partial charge in [0, 0.05) is 6.10 Å². The summed E-state index contributed by atoms with van der Waals surface area (Å²) in [5.74, 6) is 0. The normalized spacial score (nSPS) is 16.4. The van der Waals surface area contributed by atoms with Gasteiger partial charge in [0.15, 0.2) is 8.32 Å². The highest BCUT2D eigenvalue weighted by atomic mass is 28.4. The van der Waals surface area contributed by atoms with Crippen LogP contribution in [0.25, 0.3) is 0 Å². The molecular weight excluding hydrogens is 352 g/mol. The Kier molecular flexibility index (Phi) is 9.95. The highest BCUT2D eigenvalue weighted by Gasteiger charge is 2.38. The molecule has 0 heterocycles. The van der Waals surface area contributed by atoms with Crippen LogP contribution >= 0.6 is 0 Å². The predicted molar refractivity (Wildman–Crippen MR) is 117 cm³/mol. The number of rotatable bonds is 11. The number of hydrogen-bond acceptors (Lipinski definition) is 3.